The predicted octanol–water partition coefficient (Wildman–Crippen LogP) is 8.07. The molecule has 0 aliphatic rings. The average molecular weight is 499 g/mol. The summed E-state index contributed by atoms with van der Waals surface area (Å²) in [6.45, 7) is 2.27. The molecule has 170 valence electrons. The van der Waals surface area contributed by atoms with E-state index in [0.717, 1.165) is 17.5 Å². The van der Waals surface area contributed by atoms with Crippen LogP contribution in [0, 0.1) is 5.82 Å². The first-order valence-electron chi connectivity index (χ1n) is 11.5. The van der Waals surface area contributed by atoms with Crippen LogP contribution in [0.4, 0.5) is 4.39 Å². The highest BCUT2D eigenvalue weighted by atomic mass is 79.9. The topological polar surface area (TPSA) is 40.5 Å². The molecule has 0 aromatic heterocycles. The van der Waals surface area contributed by atoms with Crippen LogP contribution in [0.15, 0.2) is 59.1 Å². The summed E-state index contributed by atoms with van der Waals surface area (Å²) in [4.78, 5) is 0. The number of unbranched alkanes of at least 4 members (excludes halogenated alkanes) is 4. The maximum Gasteiger partial charge on any atom is 0.132 e. The van der Waals surface area contributed by atoms with E-state index in [1.165, 1.54) is 37.7 Å². The lowest BCUT2D eigenvalue weighted by molar-refractivity contribution is 0.288. The van der Waals surface area contributed by atoms with Gasteiger partial charge in [-0.05, 0) is 87.6 Å². The molecule has 0 bridgehead atoms. The Kier molecular flexibility index (Phi) is 9.31. The van der Waals surface area contributed by atoms with Crippen molar-refractivity contribution in [2.75, 3.05) is 6.61 Å². The van der Waals surface area contributed by atoms with Gasteiger partial charge in [0.1, 0.15) is 11.6 Å². The van der Waals surface area contributed by atoms with Crippen LogP contribution in [0.1, 0.15) is 56.6 Å². The van der Waals surface area contributed by atoms with Crippen molar-refractivity contribution >= 4 is 15.9 Å². The van der Waals surface area contributed by atoms with Gasteiger partial charge in [0.05, 0.1) is 4.47 Å². The van der Waals surface area contributed by atoms with Crippen molar-refractivity contribution in [3.8, 4) is 28.0 Å². The standard InChI is InChI=1S/C28H32BrFO2/c1-2-3-4-5-6-8-20-10-12-21(13-11-20)22-14-15-25(27(30)19-22)24-17-23(9-7-16-31)28(32)26(29)18-24/h10-15,17-19,31-32H,2-9,16H2,1H3. The molecule has 0 aliphatic heterocycles. The lowest BCUT2D eigenvalue weighted by Crippen LogP contribution is -1.94. The van der Waals surface area contributed by atoms with Crippen LogP contribution in [-0.2, 0) is 12.8 Å². The first-order chi connectivity index (χ1) is 15.5. The fraction of sp³-hybridized carbons (Fsp3) is 0.357. The van der Waals surface area contributed by atoms with Crippen LogP contribution in [0.25, 0.3) is 22.3 Å². The van der Waals surface area contributed by atoms with Crippen molar-refractivity contribution in [1.82, 2.24) is 0 Å². The second-order valence-electron chi connectivity index (χ2n) is 8.35. The summed E-state index contributed by atoms with van der Waals surface area (Å²) in [5, 5.41) is 19.3. The van der Waals surface area contributed by atoms with E-state index >= 15 is 4.39 Å². The third-order valence-electron chi connectivity index (χ3n) is 5.88. The van der Waals surface area contributed by atoms with Crippen LogP contribution in [0.5, 0.6) is 5.75 Å². The zero-order valence-corrected chi connectivity index (χ0v) is 20.3. The van der Waals surface area contributed by atoms with Crippen LogP contribution < -0.4 is 0 Å². The zero-order valence-electron chi connectivity index (χ0n) is 18.7. The van der Waals surface area contributed by atoms with E-state index in [2.05, 4.69) is 47.1 Å². The molecule has 0 unspecified atom stereocenters. The van der Waals surface area contributed by atoms with Gasteiger partial charge in [-0.3, -0.25) is 0 Å². The first kappa shape index (κ1) is 24.5. The minimum Gasteiger partial charge on any atom is -0.506 e. The normalized spacial score (nSPS) is 11.1. The number of halogens is 2. The number of aliphatic hydroxyl groups is 1. The van der Waals surface area contributed by atoms with Gasteiger partial charge in [-0.2, -0.15) is 0 Å². The van der Waals surface area contributed by atoms with Crippen molar-refractivity contribution in [1.29, 1.82) is 0 Å². The smallest absolute Gasteiger partial charge is 0.132 e. The van der Waals surface area contributed by atoms with Gasteiger partial charge in [-0.25, -0.2) is 4.39 Å². The van der Waals surface area contributed by atoms with Crippen LogP contribution in [0.3, 0.4) is 0 Å². The molecule has 2 nitrogen and oxygen atoms in total. The molecule has 0 spiro atoms. The Labute approximate surface area is 199 Å². The van der Waals surface area contributed by atoms with Gasteiger partial charge in [0, 0.05) is 12.2 Å². The molecule has 0 saturated heterocycles. The molecule has 4 heteroatoms. The highest BCUT2D eigenvalue weighted by Gasteiger charge is 2.13. The molecule has 0 fully saturated rings. The number of hydrogen-bond acceptors (Lipinski definition) is 2. The number of rotatable bonds is 11. The van der Waals surface area contributed by atoms with Gasteiger partial charge in [0.15, 0.2) is 0 Å². The second kappa shape index (κ2) is 12.2. The summed E-state index contributed by atoms with van der Waals surface area (Å²) in [5.74, 6) is -0.155. The Hall–Kier alpha value is -2.17. The molecule has 0 amide bonds. The number of hydrogen-bond donors (Lipinski definition) is 2. The van der Waals surface area contributed by atoms with Crippen molar-refractivity contribution in [3.05, 3.63) is 76.0 Å². The molecule has 2 N–H and O–H groups in total. The number of benzene rings is 3. The molecular formula is C28H32BrFO2. The van der Waals surface area contributed by atoms with Crippen molar-refractivity contribution in [2.24, 2.45) is 0 Å². The number of aliphatic hydroxyl groups excluding tert-OH is 1. The summed E-state index contributed by atoms with van der Waals surface area (Å²) in [7, 11) is 0. The molecular weight excluding hydrogens is 467 g/mol. The molecule has 0 atom stereocenters. The molecule has 0 saturated carbocycles. The SMILES string of the molecule is CCCCCCCc1ccc(-c2ccc(-c3cc(Br)c(O)c(CCCO)c3)c(F)c2)cc1. The lowest BCUT2D eigenvalue weighted by Gasteiger charge is -2.12. The van der Waals surface area contributed by atoms with Crippen molar-refractivity contribution in [2.45, 2.75) is 58.3 Å². The highest BCUT2D eigenvalue weighted by Crippen LogP contribution is 2.36. The van der Waals surface area contributed by atoms with Gasteiger partial charge < -0.3 is 10.2 Å². The minimum absolute atomic E-state index is 0.0436. The average Bonchev–Trinajstić information content (AvgIpc) is 2.80. The van der Waals surface area contributed by atoms with Gasteiger partial charge >= 0.3 is 0 Å². The maximum absolute atomic E-state index is 15.1. The van der Waals surface area contributed by atoms with E-state index in [9.17, 15) is 5.11 Å². The van der Waals surface area contributed by atoms with Gasteiger partial charge in [-0.15, -0.1) is 0 Å². The maximum atomic E-state index is 15.1. The molecule has 3 rings (SSSR count). The monoisotopic (exact) mass is 498 g/mol. The number of phenols is 1. The summed E-state index contributed by atoms with van der Waals surface area (Å²) >= 11 is 3.36. The van der Waals surface area contributed by atoms with E-state index in [0.29, 0.717) is 34.0 Å². The quantitative estimate of drug-likeness (QED) is 0.262. The Balaban J connectivity index is 1.75. The number of phenolic OH excluding ortho intramolecular Hbond substituents is 1. The molecule has 32 heavy (non-hydrogen) atoms. The second-order valence-corrected chi connectivity index (χ2v) is 9.20. The van der Waals surface area contributed by atoms with Gasteiger partial charge in [-0.1, -0.05) is 69.0 Å². The molecule has 3 aromatic rings. The Morgan fingerprint density at radius 3 is 2.19 bits per heavy atom. The molecule has 0 heterocycles. The third kappa shape index (κ3) is 6.43. The molecule has 0 radical (unpaired) electrons. The van der Waals surface area contributed by atoms with Gasteiger partial charge in [0.25, 0.3) is 0 Å². The summed E-state index contributed by atoms with van der Waals surface area (Å²) in [5.41, 5.74) is 5.05. The summed E-state index contributed by atoms with van der Waals surface area (Å²) in [6, 6.07) is 17.3. The van der Waals surface area contributed by atoms with E-state index < -0.39 is 0 Å². The van der Waals surface area contributed by atoms with E-state index in [1.54, 1.807) is 24.3 Å². The fourth-order valence-electron chi connectivity index (χ4n) is 4.00. The van der Waals surface area contributed by atoms with Gasteiger partial charge in [0.2, 0.25) is 0 Å². The Morgan fingerprint density at radius 1 is 0.781 bits per heavy atom. The number of aromatic hydroxyl groups is 1. The van der Waals surface area contributed by atoms with Crippen LogP contribution >= 0.6 is 15.9 Å². The Morgan fingerprint density at radius 2 is 1.50 bits per heavy atom. The molecule has 0 aliphatic carbocycles. The van der Waals surface area contributed by atoms with Crippen molar-refractivity contribution < 1.29 is 14.6 Å². The Bertz CT molecular complexity index is 1010. The van der Waals surface area contributed by atoms with Crippen LogP contribution in [0.2, 0.25) is 0 Å². The molecule has 3 aromatic carbocycles. The zero-order chi connectivity index (χ0) is 22.9. The first-order valence-corrected chi connectivity index (χ1v) is 12.3. The van der Waals surface area contributed by atoms with E-state index in [1.807, 2.05) is 6.07 Å². The fourth-order valence-corrected chi connectivity index (χ4v) is 4.50. The minimum atomic E-state index is -0.298. The summed E-state index contributed by atoms with van der Waals surface area (Å²) in [6.07, 6.45) is 8.53. The van der Waals surface area contributed by atoms with Crippen LogP contribution in [-0.4, -0.2) is 16.8 Å². The highest BCUT2D eigenvalue weighted by molar-refractivity contribution is 9.10. The summed E-state index contributed by atoms with van der Waals surface area (Å²) < 4.78 is 15.6. The van der Waals surface area contributed by atoms with E-state index in [4.69, 9.17) is 5.11 Å². The predicted molar refractivity (Wildman–Crippen MR) is 135 cm³/mol. The number of aryl methyl sites for hydroxylation is 2. The van der Waals surface area contributed by atoms with E-state index in [-0.39, 0.29) is 18.2 Å². The third-order valence-corrected chi connectivity index (χ3v) is 6.49. The lowest BCUT2D eigenvalue weighted by atomic mass is 9.96. The van der Waals surface area contributed by atoms with Crippen molar-refractivity contribution in [3.63, 3.8) is 0 Å². The largest absolute Gasteiger partial charge is 0.506 e.